The third-order valence-electron chi connectivity index (χ3n) is 7.33. The molecule has 6 nitrogen and oxygen atoms in total. The molecule has 1 aromatic carbocycles. The van der Waals surface area contributed by atoms with Crippen LogP contribution in [0.15, 0.2) is 18.2 Å². The van der Waals surface area contributed by atoms with Gasteiger partial charge in [0.1, 0.15) is 5.82 Å². The van der Waals surface area contributed by atoms with E-state index in [0.29, 0.717) is 16.6 Å². The Morgan fingerprint density at radius 3 is 2.67 bits per heavy atom. The first-order valence-electron chi connectivity index (χ1n) is 12.4. The van der Waals surface area contributed by atoms with E-state index in [1.54, 1.807) is 6.07 Å². The van der Waals surface area contributed by atoms with E-state index in [9.17, 15) is 0 Å². The number of hydrogen-bond acceptors (Lipinski definition) is 6. The molecule has 0 saturated carbocycles. The number of nitrogens with zero attached hydrogens (tertiary/aromatic N) is 4. The van der Waals surface area contributed by atoms with Crippen molar-refractivity contribution in [2.75, 3.05) is 49.5 Å². The second kappa shape index (κ2) is 10.8. The van der Waals surface area contributed by atoms with Crippen molar-refractivity contribution in [3.05, 3.63) is 45.1 Å². The zero-order valence-corrected chi connectivity index (χ0v) is 20.8. The van der Waals surface area contributed by atoms with Gasteiger partial charge in [0, 0.05) is 54.8 Å². The maximum Gasteiger partial charge on any atom is 0.227 e. The first kappa shape index (κ1) is 23.2. The number of piperidine rings is 1. The van der Waals surface area contributed by atoms with Gasteiger partial charge in [0.05, 0.1) is 5.69 Å². The van der Waals surface area contributed by atoms with E-state index in [4.69, 9.17) is 33.2 Å². The van der Waals surface area contributed by atoms with Crippen LogP contribution in [0.4, 0.5) is 11.8 Å². The van der Waals surface area contributed by atoms with Gasteiger partial charge in [-0.05, 0) is 75.4 Å². The molecule has 2 N–H and O–H groups in total. The molecule has 8 heteroatoms. The van der Waals surface area contributed by atoms with E-state index >= 15 is 0 Å². The van der Waals surface area contributed by atoms with Crippen molar-refractivity contribution >= 4 is 35.0 Å². The Bertz CT molecular complexity index is 954. The van der Waals surface area contributed by atoms with Gasteiger partial charge in [-0.25, -0.2) is 4.98 Å². The van der Waals surface area contributed by atoms with Gasteiger partial charge in [-0.2, -0.15) is 4.98 Å². The monoisotopic (exact) mass is 488 g/mol. The van der Waals surface area contributed by atoms with Crippen molar-refractivity contribution in [3.63, 3.8) is 0 Å². The minimum Gasteiger partial charge on any atom is -0.365 e. The second-order valence-corrected chi connectivity index (χ2v) is 10.4. The predicted molar refractivity (Wildman–Crippen MR) is 136 cm³/mol. The van der Waals surface area contributed by atoms with Crippen LogP contribution in [0, 0.1) is 5.92 Å². The van der Waals surface area contributed by atoms with Gasteiger partial charge < -0.3 is 20.4 Å². The number of rotatable bonds is 7. The number of aromatic nitrogens is 2. The van der Waals surface area contributed by atoms with Crippen molar-refractivity contribution in [1.82, 2.24) is 20.2 Å². The Balaban J connectivity index is 1.25. The van der Waals surface area contributed by atoms with Crippen molar-refractivity contribution in [1.29, 1.82) is 0 Å². The highest BCUT2D eigenvalue weighted by Gasteiger charge is 2.25. The maximum atomic E-state index is 6.39. The fraction of sp³-hybridized carbons (Fsp3) is 0.600. The van der Waals surface area contributed by atoms with E-state index in [2.05, 4.69) is 20.4 Å². The van der Waals surface area contributed by atoms with Gasteiger partial charge in [-0.1, -0.05) is 29.3 Å². The lowest BCUT2D eigenvalue weighted by molar-refractivity contribution is 0.279. The summed E-state index contributed by atoms with van der Waals surface area (Å²) in [6.45, 7) is 8.33. The molecule has 0 bridgehead atoms. The molecule has 1 aromatic heterocycles. The molecular weight excluding hydrogens is 455 g/mol. The summed E-state index contributed by atoms with van der Waals surface area (Å²) in [7, 11) is 0. The molecule has 33 heavy (non-hydrogen) atoms. The molecule has 0 amide bonds. The zero-order valence-electron chi connectivity index (χ0n) is 19.3. The number of anilines is 2. The highest BCUT2D eigenvalue weighted by molar-refractivity contribution is 6.35. The first-order chi connectivity index (χ1) is 16.2. The average molecular weight is 489 g/mol. The Morgan fingerprint density at radius 1 is 1.06 bits per heavy atom. The smallest absolute Gasteiger partial charge is 0.227 e. The SMILES string of the molecule is Clc1ccc(CNc2nc(N3CCC(CCN4CCCC4)CC3)nc3c2CNCC3)c(Cl)c1. The lowest BCUT2D eigenvalue weighted by Crippen LogP contribution is -2.37. The van der Waals surface area contributed by atoms with Crippen LogP contribution in [0.5, 0.6) is 0 Å². The summed E-state index contributed by atoms with van der Waals surface area (Å²) in [5.41, 5.74) is 3.35. The van der Waals surface area contributed by atoms with Crippen LogP contribution >= 0.6 is 23.2 Å². The van der Waals surface area contributed by atoms with Crippen LogP contribution in [0.3, 0.4) is 0 Å². The predicted octanol–water partition coefficient (Wildman–Crippen LogP) is 4.74. The average Bonchev–Trinajstić information content (AvgIpc) is 3.36. The third kappa shape index (κ3) is 5.73. The standard InChI is InChI=1S/C25H34Cl2N6/c26-20-4-3-19(22(27)15-20)16-29-24-21-17-28-9-5-23(21)30-25(31-24)33-13-7-18(8-14-33)6-12-32-10-1-2-11-32/h3-4,15,18,28H,1-2,5-14,16-17H2,(H,29,30,31). The summed E-state index contributed by atoms with van der Waals surface area (Å²) in [5.74, 6) is 2.62. The summed E-state index contributed by atoms with van der Waals surface area (Å²) >= 11 is 12.4. The van der Waals surface area contributed by atoms with E-state index in [0.717, 1.165) is 55.8 Å². The third-order valence-corrected chi connectivity index (χ3v) is 7.92. The topological polar surface area (TPSA) is 56.3 Å². The molecule has 3 aliphatic heterocycles. The summed E-state index contributed by atoms with van der Waals surface area (Å²) in [4.78, 5) is 15.0. The molecule has 3 aliphatic rings. The first-order valence-corrected chi connectivity index (χ1v) is 13.2. The molecular formula is C25H34Cl2N6. The second-order valence-electron chi connectivity index (χ2n) is 9.58. The summed E-state index contributed by atoms with van der Waals surface area (Å²) in [5, 5.41) is 8.32. The van der Waals surface area contributed by atoms with Gasteiger partial charge in [-0.3, -0.25) is 0 Å². The molecule has 0 aliphatic carbocycles. The zero-order chi connectivity index (χ0) is 22.6. The summed E-state index contributed by atoms with van der Waals surface area (Å²) in [6, 6.07) is 5.63. The molecule has 2 fully saturated rings. The maximum absolute atomic E-state index is 6.39. The number of halogens is 2. The lowest BCUT2D eigenvalue weighted by atomic mass is 9.93. The van der Waals surface area contributed by atoms with Crippen LogP contribution in [-0.4, -0.2) is 54.1 Å². The highest BCUT2D eigenvalue weighted by atomic mass is 35.5. The number of hydrogen-bond donors (Lipinski definition) is 2. The molecule has 2 aromatic rings. The fourth-order valence-electron chi connectivity index (χ4n) is 5.25. The highest BCUT2D eigenvalue weighted by Crippen LogP contribution is 2.29. The Hall–Kier alpha value is -1.60. The number of benzene rings is 1. The summed E-state index contributed by atoms with van der Waals surface area (Å²) in [6.07, 6.45) is 7.50. The molecule has 0 spiro atoms. The molecule has 0 unspecified atom stereocenters. The minimum atomic E-state index is 0.609. The quantitative estimate of drug-likeness (QED) is 0.586. The van der Waals surface area contributed by atoms with E-state index in [1.165, 1.54) is 63.0 Å². The fourth-order valence-corrected chi connectivity index (χ4v) is 5.73. The van der Waals surface area contributed by atoms with Crippen molar-refractivity contribution in [2.45, 2.75) is 51.6 Å². The number of fused-ring (bicyclic) bond motifs is 1. The van der Waals surface area contributed by atoms with E-state index in [-0.39, 0.29) is 0 Å². The van der Waals surface area contributed by atoms with Gasteiger partial charge in [0.15, 0.2) is 0 Å². The van der Waals surface area contributed by atoms with Crippen LogP contribution < -0.4 is 15.5 Å². The van der Waals surface area contributed by atoms with Gasteiger partial charge >= 0.3 is 0 Å². The molecule has 2 saturated heterocycles. The van der Waals surface area contributed by atoms with Gasteiger partial charge in [-0.15, -0.1) is 0 Å². The van der Waals surface area contributed by atoms with Crippen LogP contribution in [0.2, 0.25) is 10.0 Å². The van der Waals surface area contributed by atoms with E-state index in [1.807, 2.05) is 12.1 Å². The molecule has 178 valence electrons. The molecule has 0 atom stereocenters. The molecule has 4 heterocycles. The Kier molecular flexibility index (Phi) is 7.56. The summed E-state index contributed by atoms with van der Waals surface area (Å²) < 4.78 is 0. The van der Waals surface area contributed by atoms with Gasteiger partial charge in [0.25, 0.3) is 0 Å². The number of nitrogens with one attached hydrogen (secondary N) is 2. The van der Waals surface area contributed by atoms with Crippen molar-refractivity contribution < 1.29 is 0 Å². The molecule has 0 radical (unpaired) electrons. The Morgan fingerprint density at radius 2 is 1.88 bits per heavy atom. The van der Waals surface area contributed by atoms with Crippen molar-refractivity contribution in [3.8, 4) is 0 Å². The minimum absolute atomic E-state index is 0.609. The largest absolute Gasteiger partial charge is 0.365 e. The molecule has 5 rings (SSSR count). The lowest BCUT2D eigenvalue weighted by Gasteiger charge is -2.33. The number of likely N-dealkylation sites (tertiary alicyclic amines) is 1. The van der Waals surface area contributed by atoms with Crippen LogP contribution in [0.1, 0.15) is 48.9 Å². The van der Waals surface area contributed by atoms with E-state index < -0.39 is 0 Å². The van der Waals surface area contributed by atoms with Crippen molar-refractivity contribution in [2.24, 2.45) is 5.92 Å². The van der Waals surface area contributed by atoms with Crippen LogP contribution in [-0.2, 0) is 19.5 Å². The van der Waals surface area contributed by atoms with Crippen LogP contribution in [0.25, 0.3) is 0 Å². The normalized spacial score (nSPS) is 19.6. The van der Waals surface area contributed by atoms with Gasteiger partial charge in [0.2, 0.25) is 5.95 Å². The Labute approximate surface area is 207 Å².